The molecule has 0 aliphatic heterocycles. The number of hydrogen-bond donors (Lipinski definition) is 1. The van der Waals surface area contributed by atoms with E-state index < -0.39 is 5.91 Å². The molecule has 0 spiro atoms. The van der Waals surface area contributed by atoms with Crippen LogP contribution in [0.4, 0.5) is 10.1 Å². The number of nitrogens with zero attached hydrogens (tertiary/aromatic N) is 1. The zero-order chi connectivity index (χ0) is 23.1. The van der Waals surface area contributed by atoms with Gasteiger partial charge in [0.1, 0.15) is 23.2 Å². The van der Waals surface area contributed by atoms with E-state index >= 15 is 0 Å². The quantitative estimate of drug-likeness (QED) is 0.372. The molecule has 0 saturated carbocycles. The van der Waals surface area contributed by atoms with E-state index in [0.717, 1.165) is 16.7 Å². The first-order valence-corrected chi connectivity index (χ1v) is 10.4. The number of nitrogens with one attached hydrogen (secondary N) is 1. The molecule has 4 nitrogen and oxygen atoms in total. The van der Waals surface area contributed by atoms with Gasteiger partial charge in [0.25, 0.3) is 5.91 Å². The van der Waals surface area contributed by atoms with Crippen molar-refractivity contribution in [1.82, 2.24) is 0 Å². The lowest BCUT2D eigenvalue weighted by atomic mass is 10.0. The van der Waals surface area contributed by atoms with E-state index in [-0.39, 0.29) is 11.4 Å². The van der Waals surface area contributed by atoms with E-state index in [1.54, 1.807) is 36.4 Å². The number of halogens is 1. The van der Waals surface area contributed by atoms with Crippen molar-refractivity contribution in [3.05, 3.63) is 99.9 Å². The molecule has 162 valence electrons. The number of anilines is 1. The highest BCUT2D eigenvalue weighted by molar-refractivity contribution is 6.10. The van der Waals surface area contributed by atoms with Crippen molar-refractivity contribution in [2.75, 3.05) is 11.9 Å². The molecule has 0 bridgehead atoms. The molecule has 0 unspecified atom stereocenters. The van der Waals surface area contributed by atoms with E-state index in [0.29, 0.717) is 35.6 Å². The number of aryl methyl sites for hydroxylation is 1. The maximum atomic E-state index is 14.1. The Hall–Kier alpha value is -3.91. The zero-order valence-corrected chi connectivity index (χ0v) is 18.4. The molecule has 0 saturated heterocycles. The van der Waals surface area contributed by atoms with E-state index in [1.165, 1.54) is 12.1 Å². The second-order valence-corrected chi connectivity index (χ2v) is 7.44. The van der Waals surface area contributed by atoms with Crippen molar-refractivity contribution in [3.8, 4) is 11.8 Å². The highest BCUT2D eigenvalue weighted by Crippen LogP contribution is 2.26. The normalized spacial score (nSPS) is 11.0. The number of amides is 1. The lowest BCUT2D eigenvalue weighted by Gasteiger charge is -2.12. The number of hydrogen-bond acceptors (Lipinski definition) is 3. The van der Waals surface area contributed by atoms with Gasteiger partial charge in [-0.2, -0.15) is 5.26 Å². The summed E-state index contributed by atoms with van der Waals surface area (Å²) in [6.45, 7) is 6.19. The number of ether oxygens (including phenoxy) is 1. The number of benzene rings is 3. The van der Waals surface area contributed by atoms with Crippen LogP contribution in [0.1, 0.15) is 34.7 Å². The molecule has 0 aliphatic carbocycles. The van der Waals surface area contributed by atoms with Gasteiger partial charge in [0.2, 0.25) is 0 Å². The smallest absolute Gasteiger partial charge is 0.266 e. The van der Waals surface area contributed by atoms with Gasteiger partial charge in [-0.1, -0.05) is 42.5 Å². The Morgan fingerprint density at radius 3 is 2.59 bits per heavy atom. The lowest BCUT2D eigenvalue weighted by molar-refractivity contribution is -0.112. The summed E-state index contributed by atoms with van der Waals surface area (Å²) in [5, 5.41) is 12.4. The van der Waals surface area contributed by atoms with Crippen LogP contribution in [0.15, 0.2) is 66.2 Å². The van der Waals surface area contributed by atoms with Crippen LogP contribution in [-0.2, 0) is 11.2 Å². The molecule has 0 aliphatic rings. The van der Waals surface area contributed by atoms with Crippen molar-refractivity contribution in [3.63, 3.8) is 0 Å². The predicted octanol–water partition coefficient (Wildman–Crippen LogP) is 5.98. The van der Waals surface area contributed by atoms with Crippen LogP contribution in [0.5, 0.6) is 5.75 Å². The molecule has 32 heavy (non-hydrogen) atoms. The summed E-state index contributed by atoms with van der Waals surface area (Å²) in [5.41, 5.74) is 4.71. The summed E-state index contributed by atoms with van der Waals surface area (Å²) in [7, 11) is 0. The minimum absolute atomic E-state index is 0.0183. The van der Waals surface area contributed by atoms with Crippen molar-refractivity contribution < 1.29 is 13.9 Å². The second-order valence-electron chi connectivity index (χ2n) is 7.44. The largest absolute Gasteiger partial charge is 0.494 e. The first-order valence-electron chi connectivity index (χ1n) is 10.4. The first-order chi connectivity index (χ1) is 15.4. The highest BCUT2D eigenvalue weighted by Gasteiger charge is 2.13. The summed E-state index contributed by atoms with van der Waals surface area (Å²) in [5.74, 6) is -0.153. The average Bonchev–Trinajstić information content (AvgIpc) is 2.78. The van der Waals surface area contributed by atoms with Gasteiger partial charge >= 0.3 is 0 Å². The standard InChI is InChI=1S/C27H25FN2O2/c1-4-32-26-15-20(12-13-22(26)16-21-9-5-6-10-24(21)28)14-23(17-29)27(31)30-25-11-7-8-18(2)19(25)3/h5-15H,4,16H2,1-3H3,(H,30,31)/b23-14+. The Balaban J connectivity index is 1.87. The van der Waals surface area contributed by atoms with Crippen LogP contribution >= 0.6 is 0 Å². The van der Waals surface area contributed by atoms with Gasteiger partial charge in [-0.25, -0.2) is 4.39 Å². The Kier molecular flexibility index (Phi) is 7.41. The second kappa shape index (κ2) is 10.4. The maximum Gasteiger partial charge on any atom is 0.266 e. The zero-order valence-electron chi connectivity index (χ0n) is 18.4. The molecule has 0 atom stereocenters. The Labute approximate surface area is 188 Å². The Bertz CT molecular complexity index is 1210. The molecule has 5 heteroatoms. The molecule has 0 heterocycles. The minimum Gasteiger partial charge on any atom is -0.494 e. The van der Waals surface area contributed by atoms with Gasteiger partial charge in [0.05, 0.1) is 6.61 Å². The van der Waals surface area contributed by atoms with E-state index in [4.69, 9.17) is 4.74 Å². The summed E-state index contributed by atoms with van der Waals surface area (Å²) in [6, 6.07) is 19.6. The fourth-order valence-corrected chi connectivity index (χ4v) is 3.34. The molecule has 3 aromatic rings. The van der Waals surface area contributed by atoms with Gasteiger partial charge in [0.15, 0.2) is 0 Å². The molecule has 3 aromatic carbocycles. The van der Waals surface area contributed by atoms with Crippen molar-refractivity contribution in [1.29, 1.82) is 5.26 Å². The maximum absolute atomic E-state index is 14.1. The number of carbonyl (C=O) groups is 1. The molecule has 0 radical (unpaired) electrons. The van der Waals surface area contributed by atoms with Gasteiger partial charge < -0.3 is 10.1 Å². The number of carbonyl (C=O) groups excluding carboxylic acids is 1. The monoisotopic (exact) mass is 428 g/mol. The molecular formula is C27H25FN2O2. The molecular weight excluding hydrogens is 403 g/mol. The summed E-state index contributed by atoms with van der Waals surface area (Å²) in [4.78, 5) is 12.7. The van der Waals surface area contributed by atoms with Gasteiger partial charge in [-0.3, -0.25) is 4.79 Å². The van der Waals surface area contributed by atoms with Crippen LogP contribution in [0.3, 0.4) is 0 Å². The predicted molar refractivity (Wildman–Crippen MR) is 125 cm³/mol. The molecule has 1 N–H and O–H groups in total. The van der Waals surface area contributed by atoms with E-state index in [1.807, 2.05) is 45.0 Å². The molecule has 0 aromatic heterocycles. The third-order valence-electron chi connectivity index (χ3n) is 5.26. The van der Waals surface area contributed by atoms with Crippen molar-refractivity contribution in [2.45, 2.75) is 27.2 Å². The Morgan fingerprint density at radius 1 is 1.09 bits per heavy atom. The topological polar surface area (TPSA) is 62.1 Å². The third kappa shape index (κ3) is 5.41. The van der Waals surface area contributed by atoms with Crippen molar-refractivity contribution in [2.24, 2.45) is 0 Å². The van der Waals surface area contributed by atoms with E-state index in [9.17, 15) is 14.4 Å². The lowest BCUT2D eigenvalue weighted by Crippen LogP contribution is -2.14. The van der Waals surface area contributed by atoms with Crippen LogP contribution in [0.2, 0.25) is 0 Å². The third-order valence-corrected chi connectivity index (χ3v) is 5.26. The van der Waals surface area contributed by atoms with Crippen LogP contribution in [-0.4, -0.2) is 12.5 Å². The number of nitriles is 1. The van der Waals surface area contributed by atoms with Gasteiger partial charge in [-0.15, -0.1) is 0 Å². The van der Waals surface area contributed by atoms with Gasteiger partial charge in [0, 0.05) is 12.1 Å². The van der Waals surface area contributed by atoms with Crippen LogP contribution in [0, 0.1) is 31.0 Å². The fraction of sp³-hybridized carbons (Fsp3) is 0.185. The van der Waals surface area contributed by atoms with Gasteiger partial charge in [-0.05, 0) is 72.9 Å². The van der Waals surface area contributed by atoms with Crippen LogP contribution in [0.25, 0.3) is 6.08 Å². The summed E-state index contributed by atoms with van der Waals surface area (Å²) in [6.07, 6.45) is 1.90. The molecule has 1 amide bonds. The highest BCUT2D eigenvalue weighted by atomic mass is 19.1. The van der Waals surface area contributed by atoms with Crippen molar-refractivity contribution >= 4 is 17.7 Å². The number of rotatable bonds is 7. The van der Waals surface area contributed by atoms with Crippen LogP contribution < -0.4 is 10.1 Å². The Morgan fingerprint density at radius 2 is 1.88 bits per heavy atom. The fourth-order valence-electron chi connectivity index (χ4n) is 3.34. The average molecular weight is 429 g/mol. The summed E-state index contributed by atoms with van der Waals surface area (Å²) >= 11 is 0. The molecule has 0 fully saturated rings. The van der Waals surface area contributed by atoms with E-state index in [2.05, 4.69) is 5.32 Å². The minimum atomic E-state index is -0.477. The SMILES string of the molecule is CCOc1cc(/C=C(\C#N)C(=O)Nc2cccc(C)c2C)ccc1Cc1ccccc1F. The summed E-state index contributed by atoms with van der Waals surface area (Å²) < 4.78 is 19.8. The first kappa shape index (κ1) is 22.8. The molecule has 3 rings (SSSR count).